The van der Waals surface area contributed by atoms with E-state index >= 15 is 0 Å². The quantitative estimate of drug-likeness (QED) is 0.390. The van der Waals surface area contributed by atoms with Gasteiger partial charge in [0.1, 0.15) is 0 Å². The molecule has 0 bridgehead atoms. The molecule has 21 heavy (non-hydrogen) atoms. The number of quaternary nitrogens is 1. The minimum Gasteiger partial charge on any atom is -0.331 e. The molecule has 0 fully saturated rings. The summed E-state index contributed by atoms with van der Waals surface area (Å²) in [4.78, 5) is 0. The van der Waals surface area contributed by atoms with Crippen molar-refractivity contribution in [3.63, 3.8) is 0 Å². The van der Waals surface area contributed by atoms with E-state index in [1.54, 1.807) is 0 Å². The molecule has 0 radical (unpaired) electrons. The van der Waals surface area contributed by atoms with E-state index in [1.807, 2.05) is 0 Å². The molecular formula is C15H34ClNO4. The van der Waals surface area contributed by atoms with Crippen molar-refractivity contribution >= 4 is 0 Å². The van der Waals surface area contributed by atoms with E-state index < -0.39 is 10.2 Å². The van der Waals surface area contributed by atoms with Crippen LogP contribution in [0.3, 0.4) is 0 Å². The Bertz CT molecular complexity index is 209. The molecule has 0 N–H and O–H groups in total. The van der Waals surface area contributed by atoms with E-state index in [9.17, 15) is 0 Å². The van der Waals surface area contributed by atoms with Crippen molar-refractivity contribution in [3.8, 4) is 0 Å². The van der Waals surface area contributed by atoms with Crippen LogP contribution in [0.4, 0.5) is 0 Å². The van der Waals surface area contributed by atoms with E-state index in [-0.39, 0.29) is 0 Å². The van der Waals surface area contributed by atoms with Gasteiger partial charge in [0.05, 0.1) is 27.7 Å². The fraction of sp³-hybridized carbons (Fsp3) is 1.00. The molecule has 0 unspecified atom stereocenters. The summed E-state index contributed by atoms with van der Waals surface area (Å²) in [6.07, 6.45) is 14.4. The standard InChI is InChI=1S/C15H34N.ClHO4/c1-5-6-7-8-9-10-11-12-13-14-15-16(2,3)4;2-1(3,4)5/h5-15H2,1-4H3;(H,2,3,4,5)/q+1;/p-1. The van der Waals surface area contributed by atoms with Gasteiger partial charge in [-0.25, -0.2) is 18.6 Å². The Kier molecular flexibility index (Phi) is 15.3. The molecule has 0 spiro atoms. The molecule has 0 heterocycles. The second kappa shape index (κ2) is 13.7. The van der Waals surface area contributed by atoms with Gasteiger partial charge in [-0.05, 0) is 12.8 Å². The van der Waals surface area contributed by atoms with E-state index in [0.717, 1.165) is 4.48 Å². The van der Waals surface area contributed by atoms with Crippen LogP contribution in [-0.4, -0.2) is 32.2 Å². The molecule has 0 aliphatic heterocycles. The van der Waals surface area contributed by atoms with Crippen molar-refractivity contribution in [3.05, 3.63) is 0 Å². The Morgan fingerprint density at radius 1 is 0.619 bits per heavy atom. The predicted molar refractivity (Wildman–Crippen MR) is 74.7 cm³/mol. The van der Waals surface area contributed by atoms with Crippen LogP contribution in [0.15, 0.2) is 0 Å². The highest BCUT2D eigenvalue weighted by Gasteiger charge is 2.04. The third-order valence-corrected chi connectivity index (χ3v) is 3.18. The largest absolute Gasteiger partial charge is 0.331 e. The second-order valence-electron chi connectivity index (χ2n) is 6.57. The monoisotopic (exact) mass is 327 g/mol. The van der Waals surface area contributed by atoms with Gasteiger partial charge in [-0.1, -0.05) is 58.3 Å². The summed E-state index contributed by atoms with van der Waals surface area (Å²) < 4.78 is 35.1. The number of unbranched alkanes of at least 4 members (excludes halogenated alkanes) is 9. The van der Waals surface area contributed by atoms with Gasteiger partial charge >= 0.3 is 0 Å². The summed E-state index contributed by atoms with van der Waals surface area (Å²) in [5.41, 5.74) is 0. The molecule has 0 aromatic rings. The molecule has 0 aromatic carbocycles. The number of rotatable bonds is 11. The number of nitrogens with zero attached hydrogens (tertiary/aromatic N) is 1. The first-order chi connectivity index (χ1) is 9.56. The third kappa shape index (κ3) is 38.4. The fourth-order valence-electron chi connectivity index (χ4n) is 2.07. The smallest absolute Gasteiger partial charge is 0.0780 e. The molecule has 0 amide bonds. The normalized spacial score (nSPS) is 12.0. The molecule has 6 heteroatoms. The number of halogens is 1. The van der Waals surface area contributed by atoms with Crippen molar-refractivity contribution in [2.45, 2.75) is 71.1 Å². The van der Waals surface area contributed by atoms with Gasteiger partial charge in [-0.3, -0.25) is 0 Å². The zero-order valence-electron chi connectivity index (χ0n) is 14.2. The van der Waals surface area contributed by atoms with E-state index in [1.165, 1.54) is 70.8 Å². The van der Waals surface area contributed by atoms with Crippen molar-refractivity contribution in [1.29, 1.82) is 0 Å². The average Bonchev–Trinajstić information content (AvgIpc) is 2.28. The van der Waals surface area contributed by atoms with Crippen LogP contribution in [0.2, 0.25) is 0 Å². The molecule has 130 valence electrons. The first kappa shape index (κ1) is 23.4. The highest BCUT2D eigenvalue weighted by Crippen LogP contribution is 2.10. The summed E-state index contributed by atoms with van der Waals surface area (Å²) in [5, 5.41) is 0. The predicted octanol–water partition coefficient (Wildman–Crippen LogP) is -0.142. The summed E-state index contributed by atoms with van der Waals surface area (Å²) in [6, 6.07) is 0. The Hall–Kier alpha value is 0.0900. The van der Waals surface area contributed by atoms with Crippen LogP contribution in [0.5, 0.6) is 0 Å². The lowest BCUT2D eigenvalue weighted by molar-refractivity contribution is -2.00. The molecule has 0 aromatic heterocycles. The summed E-state index contributed by atoms with van der Waals surface area (Å²) in [5.74, 6) is 0. The van der Waals surface area contributed by atoms with Crippen molar-refractivity contribution in [2.24, 2.45) is 0 Å². The van der Waals surface area contributed by atoms with Gasteiger partial charge in [0.15, 0.2) is 0 Å². The van der Waals surface area contributed by atoms with Crippen molar-refractivity contribution < 1.29 is 33.4 Å². The fourth-order valence-corrected chi connectivity index (χ4v) is 2.07. The van der Waals surface area contributed by atoms with Gasteiger partial charge in [0, 0.05) is 0 Å². The molecule has 0 aliphatic rings. The maximum absolute atomic E-state index is 8.49. The topological polar surface area (TPSA) is 92.2 Å². The van der Waals surface area contributed by atoms with Crippen LogP contribution in [0, 0.1) is 10.2 Å². The van der Waals surface area contributed by atoms with Crippen LogP contribution >= 0.6 is 0 Å². The zero-order chi connectivity index (χ0) is 16.8. The lowest BCUT2D eigenvalue weighted by Gasteiger charge is -2.23. The SMILES string of the molecule is CCCCCCCCCCCC[N+](C)(C)C.[O-][Cl+3]([O-])([O-])[O-]. The molecule has 0 saturated carbocycles. The van der Waals surface area contributed by atoms with Crippen LogP contribution in [0.25, 0.3) is 0 Å². The first-order valence-electron chi connectivity index (χ1n) is 7.98. The highest BCUT2D eigenvalue weighted by atomic mass is 35.7. The van der Waals surface area contributed by atoms with Crippen LogP contribution in [-0.2, 0) is 0 Å². The van der Waals surface area contributed by atoms with E-state index in [0.29, 0.717) is 0 Å². The van der Waals surface area contributed by atoms with Gasteiger partial charge in [0.25, 0.3) is 0 Å². The minimum atomic E-state index is -4.94. The molecular weight excluding hydrogens is 294 g/mol. The van der Waals surface area contributed by atoms with Crippen molar-refractivity contribution in [1.82, 2.24) is 0 Å². The minimum absolute atomic E-state index is 1.12. The Morgan fingerprint density at radius 3 is 1.19 bits per heavy atom. The molecule has 0 rings (SSSR count). The number of hydrogen-bond acceptors (Lipinski definition) is 4. The lowest BCUT2D eigenvalue weighted by Crippen LogP contribution is -2.68. The van der Waals surface area contributed by atoms with Gasteiger partial charge in [-0.15, -0.1) is 10.2 Å². The molecule has 0 saturated heterocycles. The Balaban J connectivity index is 0. The zero-order valence-corrected chi connectivity index (χ0v) is 15.0. The molecule has 5 nitrogen and oxygen atoms in total. The maximum Gasteiger partial charge on any atom is 0.0780 e. The lowest BCUT2D eigenvalue weighted by atomic mass is 10.1. The second-order valence-corrected chi connectivity index (χ2v) is 7.33. The van der Waals surface area contributed by atoms with E-state index in [4.69, 9.17) is 18.6 Å². The Labute approximate surface area is 132 Å². The van der Waals surface area contributed by atoms with Gasteiger partial charge in [0.2, 0.25) is 0 Å². The summed E-state index contributed by atoms with van der Waals surface area (Å²) >= 11 is 0. The van der Waals surface area contributed by atoms with E-state index in [2.05, 4.69) is 28.1 Å². The summed E-state index contributed by atoms with van der Waals surface area (Å²) in [7, 11) is 1.91. The molecule has 0 aliphatic carbocycles. The van der Waals surface area contributed by atoms with Crippen molar-refractivity contribution in [2.75, 3.05) is 27.7 Å². The third-order valence-electron chi connectivity index (χ3n) is 3.18. The Morgan fingerprint density at radius 2 is 0.905 bits per heavy atom. The summed E-state index contributed by atoms with van der Waals surface area (Å²) in [6.45, 7) is 3.62. The number of hydrogen-bond donors (Lipinski definition) is 0. The first-order valence-corrected chi connectivity index (χ1v) is 9.22. The highest BCUT2D eigenvalue weighted by molar-refractivity contribution is 4.47. The van der Waals surface area contributed by atoms with Crippen LogP contribution < -0.4 is 18.6 Å². The van der Waals surface area contributed by atoms with Crippen LogP contribution in [0.1, 0.15) is 71.1 Å². The van der Waals surface area contributed by atoms with Gasteiger partial charge in [-0.2, -0.15) is 0 Å². The van der Waals surface area contributed by atoms with Gasteiger partial charge < -0.3 is 4.48 Å². The molecule has 0 atom stereocenters. The maximum atomic E-state index is 8.49. The average molecular weight is 328 g/mol.